The molecule has 2 aromatic rings. The van der Waals surface area contributed by atoms with Crippen molar-refractivity contribution in [2.24, 2.45) is 5.73 Å². The summed E-state index contributed by atoms with van der Waals surface area (Å²) < 4.78 is 5.58. The van der Waals surface area contributed by atoms with Gasteiger partial charge in [0.25, 0.3) is 0 Å². The highest BCUT2D eigenvalue weighted by Gasteiger charge is 2.08. The van der Waals surface area contributed by atoms with E-state index in [0.29, 0.717) is 22.1 Å². The lowest BCUT2D eigenvalue weighted by atomic mass is 10.2. The van der Waals surface area contributed by atoms with Crippen LogP contribution in [0.1, 0.15) is 5.56 Å². The molecule has 2 rings (SSSR count). The summed E-state index contributed by atoms with van der Waals surface area (Å²) >= 11 is 5.88. The Bertz CT molecular complexity index is 543. The van der Waals surface area contributed by atoms with Crippen molar-refractivity contribution >= 4 is 17.4 Å². The van der Waals surface area contributed by atoms with Crippen LogP contribution < -0.4 is 10.5 Å². The zero-order valence-corrected chi connectivity index (χ0v) is 9.61. The second kappa shape index (κ2) is 4.84. The molecule has 5 heteroatoms. The molecule has 0 aliphatic rings. The number of halogens is 1. The monoisotopic (exact) mass is 247 g/mol. The van der Waals surface area contributed by atoms with Crippen LogP contribution in [0, 0.1) is 5.41 Å². The van der Waals surface area contributed by atoms with Crippen molar-refractivity contribution in [1.82, 2.24) is 4.98 Å². The number of amidine groups is 1. The summed E-state index contributed by atoms with van der Waals surface area (Å²) in [5.74, 6) is 0.941. The summed E-state index contributed by atoms with van der Waals surface area (Å²) in [6.45, 7) is 0. The first kappa shape index (κ1) is 11.4. The topological polar surface area (TPSA) is 72.0 Å². The molecule has 0 amide bonds. The molecule has 4 nitrogen and oxygen atoms in total. The van der Waals surface area contributed by atoms with Gasteiger partial charge in [0.1, 0.15) is 17.3 Å². The summed E-state index contributed by atoms with van der Waals surface area (Å²) in [5.41, 5.74) is 5.96. The molecule has 0 radical (unpaired) electrons. The highest BCUT2D eigenvalue weighted by Crippen LogP contribution is 2.27. The number of nitrogens with two attached hydrogens (primary N) is 1. The second-order valence-corrected chi connectivity index (χ2v) is 3.78. The lowest BCUT2D eigenvalue weighted by Crippen LogP contribution is -2.12. The van der Waals surface area contributed by atoms with E-state index in [0.717, 1.165) is 0 Å². The van der Waals surface area contributed by atoms with Gasteiger partial charge in [-0.15, -0.1) is 0 Å². The molecule has 0 aliphatic carbocycles. The Kier molecular flexibility index (Phi) is 3.25. The fraction of sp³-hybridized carbons (Fsp3) is 0. The van der Waals surface area contributed by atoms with Crippen LogP contribution in [-0.4, -0.2) is 10.8 Å². The molecule has 1 heterocycles. The van der Waals surface area contributed by atoms with Gasteiger partial charge in [0.05, 0.1) is 11.8 Å². The van der Waals surface area contributed by atoms with Crippen LogP contribution in [0.25, 0.3) is 0 Å². The summed E-state index contributed by atoms with van der Waals surface area (Å²) in [6.07, 6.45) is 3.22. The number of nitrogen functional groups attached to an aromatic ring is 1. The smallest absolute Gasteiger partial charge is 0.145 e. The van der Waals surface area contributed by atoms with Gasteiger partial charge in [0.2, 0.25) is 0 Å². The molecular weight excluding hydrogens is 238 g/mol. The van der Waals surface area contributed by atoms with Crippen molar-refractivity contribution in [3.05, 3.63) is 53.3 Å². The Morgan fingerprint density at radius 1 is 1.35 bits per heavy atom. The number of rotatable bonds is 3. The van der Waals surface area contributed by atoms with E-state index in [9.17, 15) is 0 Å². The Balaban J connectivity index is 2.37. The number of hydrogen-bond acceptors (Lipinski definition) is 3. The van der Waals surface area contributed by atoms with E-state index in [1.807, 2.05) is 0 Å². The maximum absolute atomic E-state index is 7.45. The molecule has 0 aliphatic heterocycles. The van der Waals surface area contributed by atoms with Crippen LogP contribution in [0.2, 0.25) is 5.02 Å². The summed E-state index contributed by atoms with van der Waals surface area (Å²) in [7, 11) is 0. The van der Waals surface area contributed by atoms with E-state index in [2.05, 4.69) is 4.98 Å². The molecule has 0 saturated heterocycles. The van der Waals surface area contributed by atoms with Crippen LogP contribution in [0.5, 0.6) is 11.5 Å². The zero-order chi connectivity index (χ0) is 12.3. The molecule has 3 N–H and O–H groups in total. The first-order valence-electron chi connectivity index (χ1n) is 4.88. The Labute approximate surface area is 104 Å². The van der Waals surface area contributed by atoms with Crippen LogP contribution in [0.3, 0.4) is 0 Å². The van der Waals surface area contributed by atoms with Gasteiger partial charge in [-0.2, -0.15) is 0 Å². The van der Waals surface area contributed by atoms with Crippen molar-refractivity contribution in [3.8, 4) is 11.5 Å². The van der Waals surface area contributed by atoms with E-state index >= 15 is 0 Å². The molecule has 0 atom stereocenters. The number of nitrogens with one attached hydrogen (secondary N) is 1. The van der Waals surface area contributed by atoms with Gasteiger partial charge in [-0.3, -0.25) is 10.4 Å². The quantitative estimate of drug-likeness (QED) is 0.647. The van der Waals surface area contributed by atoms with Gasteiger partial charge in [-0.05, 0) is 24.3 Å². The average molecular weight is 248 g/mol. The van der Waals surface area contributed by atoms with Gasteiger partial charge < -0.3 is 10.5 Å². The van der Waals surface area contributed by atoms with Gasteiger partial charge in [-0.1, -0.05) is 11.6 Å². The number of aromatic nitrogens is 1. The number of hydrogen-bond donors (Lipinski definition) is 2. The second-order valence-electron chi connectivity index (χ2n) is 3.34. The first-order valence-corrected chi connectivity index (χ1v) is 5.26. The van der Waals surface area contributed by atoms with Crippen LogP contribution >= 0.6 is 11.6 Å². The lowest BCUT2D eigenvalue weighted by Gasteiger charge is -2.10. The molecule has 0 saturated carbocycles. The molecule has 0 unspecified atom stereocenters. The molecule has 1 aromatic heterocycles. The third-order valence-corrected chi connectivity index (χ3v) is 2.33. The zero-order valence-electron chi connectivity index (χ0n) is 8.85. The van der Waals surface area contributed by atoms with E-state index in [-0.39, 0.29) is 5.84 Å². The Hall–Kier alpha value is -2.07. The minimum Gasteiger partial charge on any atom is -0.455 e. The first-order chi connectivity index (χ1) is 8.16. The fourth-order valence-electron chi connectivity index (χ4n) is 1.34. The van der Waals surface area contributed by atoms with E-state index in [1.165, 1.54) is 0 Å². The van der Waals surface area contributed by atoms with E-state index < -0.39 is 0 Å². The largest absolute Gasteiger partial charge is 0.455 e. The summed E-state index contributed by atoms with van der Waals surface area (Å²) in [4.78, 5) is 3.93. The van der Waals surface area contributed by atoms with Crippen molar-refractivity contribution in [2.45, 2.75) is 0 Å². The Morgan fingerprint density at radius 2 is 2.18 bits per heavy atom. The van der Waals surface area contributed by atoms with Gasteiger partial charge in [-0.25, -0.2) is 0 Å². The van der Waals surface area contributed by atoms with Gasteiger partial charge in [0.15, 0.2) is 0 Å². The molecule has 17 heavy (non-hydrogen) atoms. The lowest BCUT2D eigenvalue weighted by molar-refractivity contribution is 0.479. The third kappa shape index (κ3) is 2.73. The average Bonchev–Trinajstić information content (AvgIpc) is 2.30. The molecule has 0 fully saturated rings. The number of benzene rings is 1. The maximum atomic E-state index is 7.45. The molecule has 0 spiro atoms. The number of pyridine rings is 1. The minimum absolute atomic E-state index is 0.0689. The normalized spacial score (nSPS) is 9.94. The maximum Gasteiger partial charge on any atom is 0.145 e. The van der Waals surface area contributed by atoms with Crippen LogP contribution in [0.4, 0.5) is 0 Å². The third-order valence-electron chi connectivity index (χ3n) is 2.10. The summed E-state index contributed by atoms with van der Waals surface area (Å²) in [6, 6.07) is 8.45. The predicted octanol–water partition coefficient (Wildman–Crippen LogP) is 2.81. The predicted molar refractivity (Wildman–Crippen MR) is 66.8 cm³/mol. The number of nitrogens with zero attached hydrogens (tertiary/aromatic N) is 1. The SMILES string of the molecule is N=C(N)c1ccc(Cl)cc1Oc1cccnc1. The van der Waals surface area contributed by atoms with Gasteiger partial charge in [0, 0.05) is 17.3 Å². The molecule has 1 aromatic carbocycles. The molecule has 86 valence electrons. The van der Waals surface area contributed by atoms with E-state index in [1.54, 1.807) is 42.7 Å². The summed E-state index contributed by atoms with van der Waals surface area (Å²) in [5, 5.41) is 7.97. The highest BCUT2D eigenvalue weighted by atomic mass is 35.5. The highest BCUT2D eigenvalue weighted by molar-refractivity contribution is 6.30. The van der Waals surface area contributed by atoms with Crippen molar-refractivity contribution < 1.29 is 4.74 Å². The molecule has 0 bridgehead atoms. The standard InChI is InChI=1S/C12H10ClN3O/c13-8-3-4-10(12(14)15)11(6-8)17-9-2-1-5-16-7-9/h1-7H,(H3,14,15). The van der Waals surface area contributed by atoms with Gasteiger partial charge >= 0.3 is 0 Å². The minimum atomic E-state index is -0.0689. The Morgan fingerprint density at radius 3 is 2.82 bits per heavy atom. The molecular formula is C12H10ClN3O. The van der Waals surface area contributed by atoms with Crippen LogP contribution in [-0.2, 0) is 0 Å². The van der Waals surface area contributed by atoms with Crippen LogP contribution in [0.15, 0.2) is 42.7 Å². The fourth-order valence-corrected chi connectivity index (χ4v) is 1.50. The van der Waals surface area contributed by atoms with Crippen molar-refractivity contribution in [1.29, 1.82) is 5.41 Å². The van der Waals surface area contributed by atoms with E-state index in [4.69, 9.17) is 27.5 Å². The number of ether oxygens (including phenoxy) is 1. The van der Waals surface area contributed by atoms with Crippen molar-refractivity contribution in [3.63, 3.8) is 0 Å². The van der Waals surface area contributed by atoms with Crippen molar-refractivity contribution in [2.75, 3.05) is 0 Å².